The van der Waals surface area contributed by atoms with Crippen molar-refractivity contribution in [1.82, 2.24) is 0 Å². The van der Waals surface area contributed by atoms with Gasteiger partial charge in [0.2, 0.25) is 0 Å². The summed E-state index contributed by atoms with van der Waals surface area (Å²) in [6, 6.07) is -0.554. The van der Waals surface area contributed by atoms with Crippen LogP contribution in [0.25, 0.3) is 0 Å². The first-order valence-corrected chi connectivity index (χ1v) is 9.83. The third-order valence-corrected chi connectivity index (χ3v) is 5.53. The van der Waals surface area contributed by atoms with Gasteiger partial charge in [0, 0.05) is 5.56 Å². The van der Waals surface area contributed by atoms with Crippen LogP contribution in [-0.4, -0.2) is 60.6 Å². The second-order valence-electron chi connectivity index (χ2n) is 7.06. The van der Waals surface area contributed by atoms with Gasteiger partial charge in [-0.05, 0) is 6.07 Å². The molecule has 1 aromatic rings. The average Bonchev–Trinajstić information content (AvgIpc) is 2.71. The molecule has 1 N–H and O–H groups in total. The summed E-state index contributed by atoms with van der Waals surface area (Å²) in [7, 11) is -6.16. The van der Waals surface area contributed by atoms with Gasteiger partial charge in [0.1, 0.15) is 4.90 Å². The Morgan fingerprint density at radius 2 is 0.795 bits per heavy atom. The van der Waals surface area contributed by atoms with E-state index < -0.39 is 80.2 Å². The zero-order valence-electron chi connectivity index (χ0n) is 18.7. The van der Waals surface area contributed by atoms with Gasteiger partial charge >= 0.3 is 83.1 Å². The van der Waals surface area contributed by atoms with Gasteiger partial charge in [-0.3, -0.25) is 4.55 Å². The van der Waals surface area contributed by atoms with E-state index >= 15 is 0 Å². The molecule has 24 heteroatoms. The number of rotatable bonds is 9. The maximum Gasteiger partial charge on any atom is 1.00 e. The van der Waals surface area contributed by atoms with Crippen molar-refractivity contribution in [3.63, 3.8) is 0 Å². The standard InChI is InChI=1S/C15H5F19O3S.Na.H/c16-7(17,5-3-1-2-4-6(5)38(35,36)37)8(18,19)9(20,21)10(22,23)11(24,25)12(26,27)13(28,29)14(30,31)15(32,33)34;;/h1-4H,(H,35,36,37);;/q;+1;-1. The molecule has 0 fully saturated rings. The molecule has 0 saturated carbocycles. The Hall–Kier alpha value is -1.20. The summed E-state index contributed by atoms with van der Waals surface area (Å²) in [6.45, 7) is 0. The van der Waals surface area contributed by atoms with E-state index in [1.165, 1.54) is 0 Å². The van der Waals surface area contributed by atoms with E-state index in [4.69, 9.17) is 4.55 Å². The van der Waals surface area contributed by atoms with E-state index in [-0.39, 0.29) is 43.1 Å². The quantitative estimate of drug-likeness (QED) is 0.249. The van der Waals surface area contributed by atoms with Crippen molar-refractivity contribution in [2.24, 2.45) is 0 Å². The molecular formula is C15H6F19NaO3S. The van der Waals surface area contributed by atoms with Crippen LogP contribution >= 0.6 is 0 Å². The Bertz CT molecular complexity index is 1170. The summed E-state index contributed by atoms with van der Waals surface area (Å²) in [6.07, 6.45) is -7.98. The Balaban J connectivity index is 0. The maximum atomic E-state index is 14.2. The summed E-state index contributed by atoms with van der Waals surface area (Å²) < 4.78 is 284. The fourth-order valence-corrected chi connectivity index (χ4v) is 3.21. The Morgan fingerprint density at radius 1 is 0.513 bits per heavy atom. The largest absolute Gasteiger partial charge is 1.00 e. The van der Waals surface area contributed by atoms with Gasteiger partial charge in [-0.2, -0.15) is 91.8 Å². The van der Waals surface area contributed by atoms with E-state index in [9.17, 15) is 91.8 Å². The predicted octanol–water partition coefficient (Wildman–Crippen LogP) is 4.15. The van der Waals surface area contributed by atoms with Crippen LogP contribution in [0.15, 0.2) is 29.2 Å². The van der Waals surface area contributed by atoms with E-state index in [1.54, 1.807) is 0 Å². The first kappa shape index (κ1) is 37.8. The van der Waals surface area contributed by atoms with Crippen molar-refractivity contribution in [3.8, 4) is 0 Å². The van der Waals surface area contributed by atoms with Gasteiger partial charge in [0.15, 0.2) is 0 Å². The smallest absolute Gasteiger partial charge is 1.00 e. The summed E-state index contributed by atoms with van der Waals surface area (Å²) in [5, 5.41) is 0. The van der Waals surface area contributed by atoms with Crippen LogP contribution in [0.3, 0.4) is 0 Å². The first-order chi connectivity index (χ1) is 16.2. The van der Waals surface area contributed by atoms with Crippen LogP contribution in [0.4, 0.5) is 83.4 Å². The Labute approximate surface area is 225 Å². The second kappa shape index (κ2) is 9.96. The molecule has 1 aromatic carbocycles. The minimum Gasteiger partial charge on any atom is -1.00 e. The predicted molar refractivity (Wildman–Crippen MR) is 81.9 cm³/mol. The van der Waals surface area contributed by atoms with Crippen molar-refractivity contribution in [2.45, 2.75) is 58.5 Å². The maximum absolute atomic E-state index is 14.2. The molecule has 0 unspecified atom stereocenters. The molecule has 0 atom stereocenters. The third kappa shape index (κ3) is 5.07. The fourth-order valence-electron chi connectivity index (χ4n) is 2.48. The van der Waals surface area contributed by atoms with Gasteiger partial charge in [0.05, 0.1) is 0 Å². The van der Waals surface area contributed by atoms with Crippen LogP contribution in [-0.2, 0) is 16.0 Å². The molecule has 0 saturated heterocycles. The van der Waals surface area contributed by atoms with Crippen LogP contribution < -0.4 is 29.6 Å². The number of alkyl halides is 19. The molecule has 0 aromatic heterocycles. The molecule has 39 heavy (non-hydrogen) atoms. The molecule has 224 valence electrons. The van der Waals surface area contributed by atoms with Crippen molar-refractivity contribution >= 4 is 10.1 Å². The number of hydrogen-bond donors (Lipinski definition) is 1. The van der Waals surface area contributed by atoms with Crippen LogP contribution in [0.1, 0.15) is 6.99 Å². The van der Waals surface area contributed by atoms with E-state index in [0.717, 1.165) is 0 Å². The summed E-state index contributed by atoms with van der Waals surface area (Å²) in [5.74, 6) is -68.6. The van der Waals surface area contributed by atoms with Crippen molar-refractivity contribution < 1.29 is 127 Å². The van der Waals surface area contributed by atoms with Gasteiger partial charge < -0.3 is 1.43 Å². The van der Waals surface area contributed by atoms with Crippen molar-refractivity contribution in [3.05, 3.63) is 29.8 Å². The second-order valence-corrected chi connectivity index (χ2v) is 8.45. The molecule has 0 aliphatic carbocycles. The van der Waals surface area contributed by atoms with Gasteiger partial charge in [0.25, 0.3) is 10.1 Å². The molecule has 0 bridgehead atoms. The molecule has 1 rings (SSSR count). The first-order valence-electron chi connectivity index (χ1n) is 8.39. The van der Waals surface area contributed by atoms with Crippen LogP contribution in [0.5, 0.6) is 0 Å². The third-order valence-electron chi connectivity index (χ3n) is 4.62. The van der Waals surface area contributed by atoms with E-state index in [2.05, 4.69) is 0 Å². The van der Waals surface area contributed by atoms with Crippen LogP contribution in [0.2, 0.25) is 0 Å². The molecule has 0 radical (unpaired) electrons. The molecule has 0 aliphatic heterocycles. The molecule has 0 aliphatic rings. The van der Waals surface area contributed by atoms with Crippen molar-refractivity contribution in [2.75, 3.05) is 0 Å². The van der Waals surface area contributed by atoms with E-state index in [1.807, 2.05) is 0 Å². The molecule has 0 heterocycles. The minimum absolute atomic E-state index is 0. The zero-order chi connectivity index (χ0) is 31.0. The molecule has 3 nitrogen and oxygen atoms in total. The van der Waals surface area contributed by atoms with Gasteiger partial charge in [-0.25, -0.2) is 0 Å². The fraction of sp³-hybridized carbons (Fsp3) is 0.600. The van der Waals surface area contributed by atoms with Crippen LogP contribution in [0, 0.1) is 0 Å². The summed E-state index contributed by atoms with van der Waals surface area (Å²) >= 11 is 0. The minimum atomic E-state index is -9.09. The molecule has 0 amide bonds. The number of halogens is 19. The Morgan fingerprint density at radius 3 is 1.10 bits per heavy atom. The van der Waals surface area contributed by atoms with E-state index in [0.29, 0.717) is 6.07 Å². The van der Waals surface area contributed by atoms with Gasteiger partial charge in [-0.15, -0.1) is 0 Å². The molecule has 0 spiro atoms. The monoisotopic (exact) mass is 650 g/mol. The summed E-state index contributed by atoms with van der Waals surface area (Å²) in [5.41, 5.74) is -3.09. The average molecular weight is 650 g/mol. The zero-order valence-corrected chi connectivity index (χ0v) is 20.5. The molecular weight excluding hydrogens is 644 g/mol. The summed E-state index contributed by atoms with van der Waals surface area (Å²) in [4.78, 5) is -2.49. The normalized spacial score (nSPS) is 15.7. The number of benzene rings is 1. The Kier molecular flexibility index (Phi) is 9.66. The van der Waals surface area contributed by atoms with Gasteiger partial charge in [-0.1, -0.05) is 18.2 Å². The van der Waals surface area contributed by atoms with Crippen molar-refractivity contribution in [1.29, 1.82) is 0 Å². The number of hydrogen-bond acceptors (Lipinski definition) is 2. The topological polar surface area (TPSA) is 54.4 Å². The SMILES string of the molecule is O=S(=O)(O)c1ccccc1C(F)(F)C(F)(F)C(F)(F)C(F)(F)C(F)(F)C(F)(F)C(F)(F)C(F)(F)C(F)(F)F.[H-].[Na+].